The number of aliphatic hydroxyl groups excluding tert-OH is 1. The number of fused-ring (bicyclic) bond motifs is 1. The maximum absolute atomic E-state index is 12.7. The number of anilines is 3. The highest BCUT2D eigenvalue weighted by Crippen LogP contribution is 2.33. The number of ether oxygens (including phenoxy) is 2. The Labute approximate surface area is 253 Å². The summed E-state index contributed by atoms with van der Waals surface area (Å²) in [6.07, 6.45) is 2.76. The fourth-order valence-electron chi connectivity index (χ4n) is 4.65. The number of aliphatic hydroxyl groups is 1. The first-order valence-electron chi connectivity index (χ1n) is 13.7. The first kappa shape index (κ1) is 29.5. The van der Waals surface area contributed by atoms with Gasteiger partial charge in [0.25, 0.3) is 0 Å². The lowest BCUT2D eigenvalue weighted by atomic mass is 10.1. The molecule has 0 saturated carbocycles. The Kier molecular flexibility index (Phi) is 8.46. The number of carbonyl (C=O) groups excluding carboxylic acids is 1. The predicted octanol–water partition coefficient (Wildman–Crippen LogP) is 5.75. The molecule has 42 heavy (non-hydrogen) atoms. The molecule has 5 rings (SSSR count). The third-order valence-corrected chi connectivity index (χ3v) is 7.30. The third-order valence-electron chi connectivity index (χ3n) is 6.72. The predicted molar refractivity (Wildman–Crippen MR) is 165 cm³/mol. The van der Waals surface area contributed by atoms with Crippen LogP contribution in [0.2, 0.25) is 0 Å². The summed E-state index contributed by atoms with van der Waals surface area (Å²) in [5, 5.41) is 13.5. The molecule has 0 radical (unpaired) electrons. The van der Waals surface area contributed by atoms with Crippen molar-refractivity contribution in [3.8, 4) is 11.5 Å². The fraction of sp³-hybridized carbons (Fsp3) is 0.367. The zero-order valence-electron chi connectivity index (χ0n) is 24.3. The number of nitrogens with one attached hydrogen (secondary N) is 1. The second kappa shape index (κ2) is 12.1. The first-order chi connectivity index (χ1) is 20.0. The van der Waals surface area contributed by atoms with Crippen LogP contribution in [0.15, 0.2) is 53.4 Å². The van der Waals surface area contributed by atoms with Crippen LogP contribution in [0.1, 0.15) is 32.0 Å². The number of benzene rings is 1. The smallest absolute Gasteiger partial charge is 0.410 e. The lowest BCUT2D eigenvalue weighted by Gasteiger charge is -2.41. The number of halogens is 1. The largest absolute Gasteiger partial charge is 0.455 e. The summed E-state index contributed by atoms with van der Waals surface area (Å²) in [4.78, 5) is 34.5. The van der Waals surface area contributed by atoms with Gasteiger partial charge in [0.2, 0.25) is 0 Å². The van der Waals surface area contributed by atoms with Crippen molar-refractivity contribution in [3.63, 3.8) is 0 Å². The number of hydrogen-bond donors (Lipinski definition) is 2. The average molecular weight is 637 g/mol. The van der Waals surface area contributed by atoms with Crippen LogP contribution in [-0.2, 0) is 4.74 Å². The summed E-state index contributed by atoms with van der Waals surface area (Å²) in [5.41, 5.74) is 3.32. The van der Waals surface area contributed by atoms with Crippen LogP contribution in [0.5, 0.6) is 11.5 Å². The minimum atomic E-state index is -0.620. The molecule has 0 unspecified atom stereocenters. The van der Waals surface area contributed by atoms with Crippen LogP contribution in [0.3, 0.4) is 0 Å². The van der Waals surface area contributed by atoms with E-state index in [0.29, 0.717) is 48.1 Å². The molecule has 0 bridgehead atoms. The summed E-state index contributed by atoms with van der Waals surface area (Å²) in [5.74, 6) is 2.63. The van der Waals surface area contributed by atoms with Crippen molar-refractivity contribution in [1.82, 2.24) is 24.8 Å². The number of piperazine rings is 1. The van der Waals surface area contributed by atoms with Crippen molar-refractivity contribution < 1.29 is 19.4 Å². The van der Waals surface area contributed by atoms with Gasteiger partial charge in [-0.15, -0.1) is 0 Å². The van der Waals surface area contributed by atoms with Gasteiger partial charge in [0, 0.05) is 31.0 Å². The van der Waals surface area contributed by atoms with Gasteiger partial charge in [-0.3, -0.25) is 9.88 Å². The van der Waals surface area contributed by atoms with E-state index in [4.69, 9.17) is 14.5 Å². The van der Waals surface area contributed by atoms with Gasteiger partial charge in [-0.1, -0.05) is 0 Å². The van der Waals surface area contributed by atoms with Crippen molar-refractivity contribution in [1.29, 1.82) is 0 Å². The monoisotopic (exact) mass is 635 g/mol. The minimum absolute atomic E-state index is 0.198. The Morgan fingerprint density at radius 1 is 1.12 bits per heavy atom. The number of aryl methyl sites for hydroxylation is 2. The van der Waals surface area contributed by atoms with E-state index in [1.807, 2.05) is 75.9 Å². The standard InChI is InChI=1S/C30H34BrN7O4/c1-18-12-20(7-9-25(18)41-22-8-6-19(2)32-14-22)35-27-26-24(33-17-34-27)13-23(31)28(36-26)37-10-11-38(21(15-37)16-39)29(40)42-30(3,4)5/h6-9,12-14,17,21,39H,10-11,15-16H2,1-5H3,(H,33,34,35)/t21-/m0/s1. The van der Waals surface area contributed by atoms with Crippen molar-refractivity contribution in [2.45, 2.75) is 46.3 Å². The third kappa shape index (κ3) is 6.71. The van der Waals surface area contributed by atoms with Crippen molar-refractivity contribution in [2.24, 2.45) is 0 Å². The lowest BCUT2D eigenvalue weighted by molar-refractivity contribution is 0.00698. The van der Waals surface area contributed by atoms with E-state index in [0.717, 1.165) is 27.2 Å². The van der Waals surface area contributed by atoms with Gasteiger partial charge in [-0.2, -0.15) is 0 Å². The molecule has 220 valence electrons. The van der Waals surface area contributed by atoms with E-state index in [9.17, 15) is 9.90 Å². The molecule has 3 aromatic heterocycles. The Morgan fingerprint density at radius 3 is 2.62 bits per heavy atom. The van der Waals surface area contributed by atoms with Gasteiger partial charge in [-0.05, 0) is 92.5 Å². The summed E-state index contributed by atoms with van der Waals surface area (Å²) < 4.78 is 12.3. The number of hydrogen-bond acceptors (Lipinski definition) is 10. The Balaban J connectivity index is 1.37. The SMILES string of the molecule is Cc1ccc(Oc2ccc(Nc3ncnc4cc(Br)c(N5CCN(C(=O)OC(C)(C)C)[C@H](CO)C5)nc34)cc2C)cn1. The van der Waals surface area contributed by atoms with Gasteiger partial charge < -0.3 is 24.8 Å². The van der Waals surface area contributed by atoms with Gasteiger partial charge in [-0.25, -0.2) is 19.7 Å². The molecule has 4 aromatic rings. The molecule has 1 amide bonds. The van der Waals surface area contributed by atoms with E-state index in [2.05, 4.69) is 36.2 Å². The average Bonchev–Trinajstić information content (AvgIpc) is 2.94. The second-order valence-electron chi connectivity index (χ2n) is 11.2. The molecule has 1 atom stereocenters. The van der Waals surface area contributed by atoms with Crippen LogP contribution in [-0.4, -0.2) is 73.9 Å². The van der Waals surface area contributed by atoms with E-state index in [-0.39, 0.29) is 6.61 Å². The van der Waals surface area contributed by atoms with E-state index >= 15 is 0 Å². The normalized spacial score (nSPS) is 15.5. The maximum atomic E-state index is 12.7. The van der Waals surface area contributed by atoms with Gasteiger partial charge in [0.15, 0.2) is 5.82 Å². The molecule has 2 N–H and O–H groups in total. The molecule has 12 heteroatoms. The van der Waals surface area contributed by atoms with Crippen molar-refractivity contribution in [3.05, 3.63) is 64.7 Å². The lowest BCUT2D eigenvalue weighted by Crippen LogP contribution is -2.57. The summed E-state index contributed by atoms with van der Waals surface area (Å²) in [6, 6.07) is 11.0. The van der Waals surface area contributed by atoms with Crippen LogP contribution in [0, 0.1) is 13.8 Å². The molecule has 1 aliphatic heterocycles. The maximum Gasteiger partial charge on any atom is 0.410 e. The molecule has 1 aromatic carbocycles. The van der Waals surface area contributed by atoms with Crippen LogP contribution < -0.4 is 15.0 Å². The van der Waals surface area contributed by atoms with E-state index in [1.54, 1.807) is 11.1 Å². The number of carbonyl (C=O) groups is 1. The number of nitrogens with zero attached hydrogens (tertiary/aromatic N) is 6. The number of pyridine rings is 2. The van der Waals surface area contributed by atoms with Crippen molar-refractivity contribution in [2.75, 3.05) is 36.5 Å². The van der Waals surface area contributed by atoms with Crippen molar-refractivity contribution >= 4 is 50.4 Å². The molecule has 1 aliphatic rings. The second-order valence-corrected chi connectivity index (χ2v) is 12.0. The number of rotatable bonds is 6. The molecule has 11 nitrogen and oxygen atoms in total. The Bertz CT molecular complexity index is 1590. The topological polar surface area (TPSA) is 126 Å². The summed E-state index contributed by atoms with van der Waals surface area (Å²) >= 11 is 3.65. The van der Waals surface area contributed by atoms with Gasteiger partial charge in [0.05, 0.1) is 28.8 Å². The highest BCUT2D eigenvalue weighted by molar-refractivity contribution is 9.10. The zero-order chi connectivity index (χ0) is 30.0. The molecule has 0 aliphatic carbocycles. The highest BCUT2D eigenvalue weighted by atomic mass is 79.9. The van der Waals surface area contributed by atoms with Gasteiger partial charge in [0.1, 0.15) is 34.8 Å². The number of aromatic nitrogens is 4. The molecule has 0 spiro atoms. The molecule has 4 heterocycles. The fourth-order valence-corrected chi connectivity index (χ4v) is 5.21. The van der Waals surface area contributed by atoms with Crippen LogP contribution >= 0.6 is 15.9 Å². The van der Waals surface area contributed by atoms with Gasteiger partial charge >= 0.3 is 6.09 Å². The Morgan fingerprint density at radius 2 is 1.93 bits per heavy atom. The van der Waals surface area contributed by atoms with E-state index < -0.39 is 17.7 Å². The van der Waals surface area contributed by atoms with Crippen LogP contribution in [0.4, 0.5) is 22.1 Å². The Hall–Kier alpha value is -4.03. The molecule has 1 fully saturated rings. The number of amides is 1. The summed E-state index contributed by atoms with van der Waals surface area (Å²) in [6.45, 7) is 10.5. The highest BCUT2D eigenvalue weighted by Gasteiger charge is 2.34. The minimum Gasteiger partial charge on any atom is -0.455 e. The molecular formula is C30H34BrN7O4. The van der Waals surface area contributed by atoms with Crippen LogP contribution in [0.25, 0.3) is 11.0 Å². The molecular weight excluding hydrogens is 602 g/mol. The molecule has 1 saturated heterocycles. The zero-order valence-corrected chi connectivity index (χ0v) is 25.8. The van der Waals surface area contributed by atoms with E-state index in [1.165, 1.54) is 6.33 Å². The first-order valence-corrected chi connectivity index (χ1v) is 14.4. The quantitative estimate of drug-likeness (QED) is 0.270. The summed E-state index contributed by atoms with van der Waals surface area (Å²) in [7, 11) is 0.